The van der Waals surface area contributed by atoms with Crippen molar-refractivity contribution in [3.05, 3.63) is 107 Å². The van der Waals surface area contributed by atoms with Gasteiger partial charge in [-0.2, -0.15) is 0 Å². The van der Waals surface area contributed by atoms with Crippen LogP contribution in [0.25, 0.3) is 12.2 Å². The molecule has 192 valence electrons. The van der Waals surface area contributed by atoms with Crippen molar-refractivity contribution in [1.29, 1.82) is 0 Å². The smallest absolute Gasteiger partial charge is 0.323 e. The monoisotopic (exact) mass is 508 g/mol. The summed E-state index contributed by atoms with van der Waals surface area (Å²) in [7, 11) is 4.79. The van der Waals surface area contributed by atoms with E-state index in [2.05, 4.69) is 0 Å². The number of methoxy groups -OCH3 is 3. The molecule has 1 heterocycles. The lowest BCUT2D eigenvalue weighted by molar-refractivity contribution is -0.135. The first-order valence-corrected chi connectivity index (χ1v) is 12.2. The zero-order chi connectivity index (χ0) is 26.6. The molecule has 5 rings (SSSR count). The van der Waals surface area contributed by atoms with Gasteiger partial charge in [-0.25, -0.2) is 0 Å². The summed E-state index contributed by atoms with van der Waals surface area (Å²) in [6.45, 7) is 1.97. The highest BCUT2D eigenvalue weighted by atomic mass is 16.6. The maximum Gasteiger partial charge on any atom is 0.323 e. The molecular formula is C32H28O6. The Balaban J connectivity index is 1.45. The summed E-state index contributed by atoms with van der Waals surface area (Å²) in [4.78, 5) is 13.6. The van der Waals surface area contributed by atoms with E-state index in [4.69, 9.17) is 23.7 Å². The van der Waals surface area contributed by atoms with Gasteiger partial charge in [0.25, 0.3) is 0 Å². The molecule has 0 unspecified atom stereocenters. The first-order valence-electron chi connectivity index (χ1n) is 12.2. The van der Waals surface area contributed by atoms with Crippen LogP contribution >= 0.6 is 0 Å². The van der Waals surface area contributed by atoms with Crippen molar-refractivity contribution in [2.24, 2.45) is 0 Å². The van der Waals surface area contributed by atoms with Gasteiger partial charge in [0.1, 0.15) is 17.4 Å². The minimum Gasteiger partial charge on any atom is -0.493 e. The van der Waals surface area contributed by atoms with Crippen LogP contribution in [0.5, 0.6) is 34.5 Å². The Labute approximate surface area is 222 Å². The second-order valence-electron chi connectivity index (χ2n) is 8.85. The second kappa shape index (κ2) is 10.7. The molecule has 0 N–H and O–H groups in total. The number of carbonyl (C=O) groups is 1. The first kappa shape index (κ1) is 25.0. The van der Waals surface area contributed by atoms with Crippen molar-refractivity contribution >= 4 is 18.1 Å². The molecule has 6 nitrogen and oxygen atoms in total. The highest BCUT2D eigenvalue weighted by molar-refractivity contribution is 5.87. The van der Waals surface area contributed by atoms with Gasteiger partial charge in [0.05, 0.1) is 21.3 Å². The van der Waals surface area contributed by atoms with E-state index in [1.54, 1.807) is 33.5 Å². The number of esters is 1. The van der Waals surface area contributed by atoms with Crippen LogP contribution < -0.4 is 23.7 Å². The summed E-state index contributed by atoms with van der Waals surface area (Å²) in [5.74, 6) is 2.41. The van der Waals surface area contributed by atoms with E-state index in [-0.39, 0.29) is 0 Å². The minimum atomic E-state index is -0.630. The van der Waals surface area contributed by atoms with Crippen LogP contribution in [0.2, 0.25) is 0 Å². The average molecular weight is 509 g/mol. The molecule has 0 radical (unpaired) electrons. The molecule has 1 aliphatic heterocycles. The standard InChI is InChI=1S/C32H28O6/c1-20-17-22(19-29(35-3)31(20)36-4)14-13-21-15-16-27(34-2)28(18-21)38-32(33)30-23-9-5-7-11-25(23)37-26-12-8-6-10-24(26)30/h5-19,30H,1-4H3/b14-13-. The largest absolute Gasteiger partial charge is 0.493 e. The Morgan fingerprint density at radius 2 is 1.32 bits per heavy atom. The molecule has 0 saturated carbocycles. The molecule has 6 heteroatoms. The highest BCUT2D eigenvalue weighted by Gasteiger charge is 2.34. The molecule has 0 spiro atoms. The number of ether oxygens (including phenoxy) is 5. The lowest BCUT2D eigenvalue weighted by Crippen LogP contribution is -2.23. The van der Waals surface area contributed by atoms with Crippen LogP contribution in [0.1, 0.15) is 33.7 Å². The fraction of sp³-hybridized carbons (Fsp3) is 0.156. The van der Waals surface area contributed by atoms with E-state index < -0.39 is 11.9 Å². The molecule has 0 aromatic heterocycles. The van der Waals surface area contributed by atoms with E-state index in [1.165, 1.54) is 0 Å². The van der Waals surface area contributed by atoms with E-state index in [1.807, 2.05) is 85.8 Å². The van der Waals surface area contributed by atoms with Crippen LogP contribution in [0.15, 0.2) is 78.9 Å². The third-order valence-electron chi connectivity index (χ3n) is 6.47. The molecule has 0 bridgehead atoms. The van der Waals surface area contributed by atoms with Crippen LogP contribution in [0.3, 0.4) is 0 Å². The summed E-state index contributed by atoms with van der Waals surface area (Å²) in [5.41, 5.74) is 4.27. The SMILES string of the molecule is COc1ccc(/C=C\c2cc(C)c(OC)c(OC)c2)cc1OC(=O)C1c2ccccc2Oc2ccccc21. The number of fused-ring (bicyclic) bond motifs is 2. The molecule has 0 atom stereocenters. The summed E-state index contributed by atoms with van der Waals surface area (Å²) in [5, 5.41) is 0. The Kier molecular flexibility index (Phi) is 7.05. The minimum absolute atomic E-state index is 0.338. The topological polar surface area (TPSA) is 63.2 Å². The Morgan fingerprint density at radius 1 is 0.711 bits per heavy atom. The molecule has 0 amide bonds. The van der Waals surface area contributed by atoms with Crippen molar-refractivity contribution < 1.29 is 28.5 Å². The van der Waals surface area contributed by atoms with Gasteiger partial charge < -0.3 is 23.7 Å². The molecule has 4 aromatic rings. The number of rotatable bonds is 7. The van der Waals surface area contributed by atoms with Gasteiger partial charge >= 0.3 is 5.97 Å². The van der Waals surface area contributed by atoms with Crippen molar-refractivity contribution in [3.8, 4) is 34.5 Å². The van der Waals surface area contributed by atoms with Gasteiger partial charge in [0.2, 0.25) is 0 Å². The maximum absolute atomic E-state index is 13.6. The third-order valence-corrected chi connectivity index (χ3v) is 6.47. The predicted octanol–water partition coefficient (Wildman–Crippen LogP) is 7.03. The number of hydrogen-bond donors (Lipinski definition) is 0. The maximum atomic E-state index is 13.6. The van der Waals surface area contributed by atoms with Crippen molar-refractivity contribution in [2.75, 3.05) is 21.3 Å². The zero-order valence-electron chi connectivity index (χ0n) is 21.7. The van der Waals surface area contributed by atoms with Crippen molar-refractivity contribution in [1.82, 2.24) is 0 Å². The molecule has 1 aliphatic rings. The average Bonchev–Trinajstić information content (AvgIpc) is 2.94. The molecule has 38 heavy (non-hydrogen) atoms. The van der Waals surface area contributed by atoms with E-state index >= 15 is 0 Å². The fourth-order valence-corrected chi connectivity index (χ4v) is 4.68. The van der Waals surface area contributed by atoms with Gasteiger partial charge in [-0.05, 0) is 60.0 Å². The second-order valence-corrected chi connectivity index (χ2v) is 8.85. The van der Waals surface area contributed by atoms with Crippen molar-refractivity contribution in [3.63, 3.8) is 0 Å². The number of aryl methyl sites for hydroxylation is 1. The summed E-state index contributed by atoms with van der Waals surface area (Å²) in [6, 6.07) is 24.4. The molecule has 4 aromatic carbocycles. The summed E-state index contributed by atoms with van der Waals surface area (Å²) < 4.78 is 28.4. The quantitative estimate of drug-likeness (QED) is 0.152. The molecule has 0 fully saturated rings. The van der Waals surface area contributed by atoms with E-state index in [9.17, 15) is 4.79 Å². The molecule has 0 aliphatic carbocycles. The number of para-hydroxylation sites is 2. The summed E-state index contributed by atoms with van der Waals surface area (Å²) in [6.07, 6.45) is 3.91. The van der Waals surface area contributed by atoms with Gasteiger partial charge in [-0.1, -0.05) is 54.6 Å². The first-order chi connectivity index (χ1) is 18.5. The van der Waals surface area contributed by atoms with E-state index in [0.29, 0.717) is 34.5 Å². The van der Waals surface area contributed by atoms with Gasteiger partial charge in [0, 0.05) is 11.1 Å². The number of benzene rings is 4. The van der Waals surface area contributed by atoms with Crippen LogP contribution in [0.4, 0.5) is 0 Å². The Bertz CT molecular complexity index is 1480. The fourth-order valence-electron chi connectivity index (χ4n) is 4.68. The van der Waals surface area contributed by atoms with Gasteiger partial charge in [0.15, 0.2) is 23.0 Å². The molecular weight excluding hydrogens is 480 g/mol. The Morgan fingerprint density at radius 3 is 1.95 bits per heavy atom. The number of carbonyl (C=O) groups excluding carboxylic acids is 1. The predicted molar refractivity (Wildman–Crippen MR) is 147 cm³/mol. The van der Waals surface area contributed by atoms with Gasteiger partial charge in [-0.15, -0.1) is 0 Å². The third kappa shape index (κ3) is 4.81. The van der Waals surface area contributed by atoms with Gasteiger partial charge in [-0.3, -0.25) is 4.79 Å². The molecule has 0 saturated heterocycles. The Hall–Kier alpha value is -4.71. The van der Waals surface area contributed by atoms with Crippen LogP contribution in [-0.4, -0.2) is 27.3 Å². The summed E-state index contributed by atoms with van der Waals surface area (Å²) >= 11 is 0. The number of hydrogen-bond acceptors (Lipinski definition) is 6. The normalized spacial score (nSPS) is 12.3. The zero-order valence-corrected chi connectivity index (χ0v) is 21.7. The lowest BCUT2D eigenvalue weighted by Gasteiger charge is -2.26. The van der Waals surface area contributed by atoms with Crippen molar-refractivity contribution in [2.45, 2.75) is 12.8 Å². The highest BCUT2D eigenvalue weighted by Crippen LogP contribution is 2.45. The van der Waals surface area contributed by atoms with E-state index in [0.717, 1.165) is 27.8 Å². The van der Waals surface area contributed by atoms with Crippen LogP contribution in [-0.2, 0) is 4.79 Å². The van der Waals surface area contributed by atoms with Crippen LogP contribution in [0, 0.1) is 6.92 Å². The lowest BCUT2D eigenvalue weighted by atomic mass is 9.88.